The van der Waals surface area contributed by atoms with Gasteiger partial charge in [0.05, 0.1) is 0 Å². The molecule has 0 spiro atoms. The van der Waals surface area contributed by atoms with Crippen LogP contribution in [-0.2, 0) is 4.79 Å². The van der Waals surface area contributed by atoms with Gasteiger partial charge in [-0.1, -0.05) is 6.92 Å². The van der Waals surface area contributed by atoms with Crippen LogP contribution in [0.1, 0.15) is 19.8 Å². The molecular formula is C8H13F3OS. The van der Waals surface area contributed by atoms with Crippen molar-refractivity contribution in [2.75, 3.05) is 12.0 Å². The number of thioether (sulfide) groups is 1. The van der Waals surface area contributed by atoms with Crippen LogP contribution in [0, 0.1) is 5.92 Å². The first-order valence-corrected chi connectivity index (χ1v) is 5.41. The first-order chi connectivity index (χ1) is 5.93. The van der Waals surface area contributed by atoms with Gasteiger partial charge in [0.15, 0.2) is 0 Å². The molecule has 0 rings (SSSR count). The van der Waals surface area contributed by atoms with Crippen molar-refractivity contribution in [1.29, 1.82) is 0 Å². The average molecular weight is 214 g/mol. The summed E-state index contributed by atoms with van der Waals surface area (Å²) in [5.74, 6) is -2.10. The third kappa shape index (κ3) is 4.55. The number of ketones is 1. The monoisotopic (exact) mass is 214 g/mol. The first kappa shape index (κ1) is 12.8. The Bertz CT molecular complexity index is 167. The van der Waals surface area contributed by atoms with E-state index in [0.717, 1.165) is 0 Å². The summed E-state index contributed by atoms with van der Waals surface area (Å²) in [7, 11) is 0. The van der Waals surface area contributed by atoms with E-state index in [-0.39, 0.29) is 12.8 Å². The lowest BCUT2D eigenvalue weighted by Gasteiger charge is -2.17. The number of rotatable bonds is 5. The molecule has 78 valence electrons. The fourth-order valence-electron chi connectivity index (χ4n) is 0.989. The minimum atomic E-state index is -4.37. The Morgan fingerprint density at radius 1 is 1.46 bits per heavy atom. The largest absolute Gasteiger partial charge is 0.398 e. The second kappa shape index (κ2) is 5.52. The molecule has 0 radical (unpaired) electrons. The zero-order valence-corrected chi connectivity index (χ0v) is 8.47. The summed E-state index contributed by atoms with van der Waals surface area (Å²) in [6, 6.07) is 0. The fraction of sp³-hybridized carbons (Fsp3) is 0.875. The molecular weight excluding hydrogens is 201 g/mol. The van der Waals surface area contributed by atoms with E-state index < -0.39 is 17.9 Å². The normalized spacial score (nSPS) is 14.2. The van der Waals surface area contributed by atoms with Crippen molar-refractivity contribution in [3.05, 3.63) is 0 Å². The maximum atomic E-state index is 12.3. The summed E-state index contributed by atoms with van der Waals surface area (Å²) in [5.41, 5.74) is 0. The molecule has 0 aromatic rings. The second-order valence-electron chi connectivity index (χ2n) is 2.70. The Balaban J connectivity index is 4.28. The van der Waals surface area contributed by atoms with Crippen LogP contribution in [-0.4, -0.2) is 24.0 Å². The molecule has 0 unspecified atom stereocenters. The summed E-state index contributed by atoms with van der Waals surface area (Å²) in [5, 5.41) is 0. The van der Waals surface area contributed by atoms with Crippen molar-refractivity contribution >= 4 is 17.5 Å². The van der Waals surface area contributed by atoms with Crippen LogP contribution in [0.5, 0.6) is 0 Å². The summed E-state index contributed by atoms with van der Waals surface area (Å²) < 4.78 is 36.8. The van der Waals surface area contributed by atoms with Gasteiger partial charge in [0.2, 0.25) is 0 Å². The maximum absolute atomic E-state index is 12.3. The average Bonchev–Trinajstić information content (AvgIpc) is 2.02. The molecule has 1 atom stereocenters. The van der Waals surface area contributed by atoms with Crippen LogP contribution < -0.4 is 0 Å². The molecule has 0 saturated heterocycles. The molecule has 0 aliphatic carbocycles. The van der Waals surface area contributed by atoms with E-state index in [2.05, 4.69) is 0 Å². The number of carbonyl (C=O) groups excluding carboxylic acids is 1. The van der Waals surface area contributed by atoms with Gasteiger partial charge < -0.3 is 0 Å². The van der Waals surface area contributed by atoms with Gasteiger partial charge in [0.25, 0.3) is 0 Å². The van der Waals surface area contributed by atoms with Crippen LogP contribution in [0.3, 0.4) is 0 Å². The Morgan fingerprint density at radius 3 is 2.31 bits per heavy atom. The highest BCUT2D eigenvalue weighted by molar-refractivity contribution is 7.98. The highest BCUT2D eigenvalue weighted by Gasteiger charge is 2.42. The quantitative estimate of drug-likeness (QED) is 0.700. The molecule has 0 aromatic carbocycles. The third-order valence-corrected chi connectivity index (χ3v) is 2.39. The van der Waals surface area contributed by atoms with Gasteiger partial charge in [-0.25, -0.2) is 0 Å². The van der Waals surface area contributed by atoms with Crippen LogP contribution in [0.4, 0.5) is 13.2 Å². The van der Waals surface area contributed by atoms with Crippen LogP contribution >= 0.6 is 11.8 Å². The van der Waals surface area contributed by atoms with Gasteiger partial charge in [-0.15, -0.1) is 0 Å². The summed E-state index contributed by atoms with van der Waals surface area (Å²) in [4.78, 5) is 10.9. The van der Waals surface area contributed by atoms with Crippen LogP contribution in [0.25, 0.3) is 0 Å². The maximum Gasteiger partial charge on any atom is 0.398 e. The molecule has 0 saturated carbocycles. The van der Waals surface area contributed by atoms with Crippen molar-refractivity contribution < 1.29 is 18.0 Å². The van der Waals surface area contributed by atoms with Crippen molar-refractivity contribution in [3.63, 3.8) is 0 Å². The Hall–Kier alpha value is -0.190. The number of hydrogen-bond donors (Lipinski definition) is 0. The minimum absolute atomic E-state index is 0.0431. The van der Waals surface area contributed by atoms with E-state index in [1.807, 2.05) is 0 Å². The van der Waals surface area contributed by atoms with Crippen molar-refractivity contribution in [2.24, 2.45) is 5.92 Å². The predicted molar refractivity (Wildman–Crippen MR) is 47.8 cm³/mol. The van der Waals surface area contributed by atoms with E-state index in [0.29, 0.717) is 5.75 Å². The Kier molecular flexibility index (Phi) is 5.44. The Labute approximate surface area is 80.1 Å². The minimum Gasteiger partial charge on any atom is -0.299 e. The molecule has 0 aliphatic heterocycles. The molecule has 0 heterocycles. The lowest BCUT2D eigenvalue weighted by molar-refractivity contribution is -0.181. The molecule has 0 N–H and O–H groups in total. The molecule has 5 heteroatoms. The molecule has 0 aliphatic rings. The molecule has 0 fully saturated rings. The first-order valence-electron chi connectivity index (χ1n) is 4.01. The SMILES string of the molecule is CCC(=O)[C@@H](CCSC)C(F)(F)F. The van der Waals surface area contributed by atoms with Crippen molar-refractivity contribution in [2.45, 2.75) is 25.9 Å². The van der Waals surface area contributed by atoms with Gasteiger partial charge in [0, 0.05) is 6.42 Å². The standard InChI is InChI=1S/C8H13F3OS/c1-3-7(12)6(4-5-13-2)8(9,10)11/h6H,3-5H2,1-2H3/t6-/m1/s1. The summed E-state index contributed by atoms with van der Waals surface area (Å²) in [6.45, 7) is 1.46. The van der Waals surface area contributed by atoms with Gasteiger partial charge >= 0.3 is 6.18 Å². The van der Waals surface area contributed by atoms with E-state index in [1.165, 1.54) is 18.7 Å². The van der Waals surface area contributed by atoms with E-state index in [1.54, 1.807) is 6.26 Å². The molecule has 0 aromatic heterocycles. The fourth-order valence-corrected chi connectivity index (χ4v) is 1.46. The lowest BCUT2D eigenvalue weighted by Crippen LogP contribution is -2.30. The predicted octanol–water partition coefficient (Wildman–Crippen LogP) is 2.90. The Morgan fingerprint density at radius 2 is 2.00 bits per heavy atom. The van der Waals surface area contributed by atoms with Gasteiger partial charge in [-0.05, 0) is 18.4 Å². The molecule has 0 bridgehead atoms. The lowest BCUT2D eigenvalue weighted by atomic mass is 9.99. The van der Waals surface area contributed by atoms with Crippen LogP contribution in [0.15, 0.2) is 0 Å². The van der Waals surface area contributed by atoms with Gasteiger partial charge in [0.1, 0.15) is 11.7 Å². The van der Waals surface area contributed by atoms with Gasteiger partial charge in [-0.3, -0.25) is 4.79 Å². The number of carbonyl (C=O) groups is 1. The van der Waals surface area contributed by atoms with Crippen LogP contribution in [0.2, 0.25) is 0 Å². The number of alkyl halides is 3. The number of Topliss-reactive ketones (excluding diaryl/α,β-unsaturated/α-hetero) is 1. The number of hydrogen-bond acceptors (Lipinski definition) is 2. The second-order valence-corrected chi connectivity index (χ2v) is 3.68. The molecule has 13 heavy (non-hydrogen) atoms. The zero-order chi connectivity index (χ0) is 10.5. The summed E-state index contributed by atoms with van der Waals surface area (Å²) >= 11 is 1.32. The molecule has 0 amide bonds. The smallest absolute Gasteiger partial charge is 0.299 e. The molecule has 1 nitrogen and oxygen atoms in total. The van der Waals surface area contributed by atoms with E-state index in [4.69, 9.17) is 0 Å². The van der Waals surface area contributed by atoms with E-state index in [9.17, 15) is 18.0 Å². The van der Waals surface area contributed by atoms with Crippen molar-refractivity contribution in [3.8, 4) is 0 Å². The number of halogens is 3. The van der Waals surface area contributed by atoms with E-state index >= 15 is 0 Å². The topological polar surface area (TPSA) is 17.1 Å². The highest BCUT2D eigenvalue weighted by atomic mass is 32.2. The zero-order valence-electron chi connectivity index (χ0n) is 7.65. The van der Waals surface area contributed by atoms with Crippen molar-refractivity contribution in [1.82, 2.24) is 0 Å². The van der Waals surface area contributed by atoms with Gasteiger partial charge in [-0.2, -0.15) is 24.9 Å². The highest BCUT2D eigenvalue weighted by Crippen LogP contribution is 2.31. The summed E-state index contributed by atoms with van der Waals surface area (Å²) in [6.07, 6.45) is -2.79. The third-order valence-electron chi connectivity index (χ3n) is 1.74.